The topological polar surface area (TPSA) is 41.6 Å². The van der Waals surface area contributed by atoms with E-state index in [1.807, 2.05) is 0 Å². The number of rotatable bonds is 5. The van der Waals surface area contributed by atoms with E-state index in [-0.39, 0.29) is 0 Å². The molecule has 106 valence electrons. The van der Waals surface area contributed by atoms with Crippen molar-refractivity contribution in [2.75, 3.05) is 5.75 Å². The molecule has 1 aromatic heterocycles. The van der Waals surface area contributed by atoms with Gasteiger partial charge in [0.2, 0.25) is 5.16 Å². The number of hydrogen-bond donors (Lipinski definition) is 1. The summed E-state index contributed by atoms with van der Waals surface area (Å²) in [6.07, 6.45) is 1.90. The lowest BCUT2D eigenvalue weighted by molar-refractivity contribution is 0.945. The van der Waals surface area contributed by atoms with Crippen LogP contribution in [0.3, 0.4) is 0 Å². The molecule has 1 atom stereocenters. The molecule has 1 aliphatic carbocycles. The second-order valence-corrected chi connectivity index (χ2v) is 7.52. The molecule has 1 aliphatic rings. The lowest BCUT2D eigenvalue weighted by Gasteiger charge is -1.98. The lowest BCUT2D eigenvalue weighted by Crippen LogP contribution is -1.93. The van der Waals surface area contributed by atoms with Gasteiger partial charge in [0.1, 0.15) is 4.33 Å². The highest BCUT2D eigenvalue weighted by Gasteiger charge is 2.51. The number of aromatic amines is 1. The molecule has 3 nitrogen and oxygen atoms in total. The number of nitrogens with one attached hydrogen (secondary N) is 1. The van der Waals surface area contributed by atoms with E-state index in [1.54, 1.807) is 11.8 Å². The largest absolute Gasteiger partial charge is 0.258 e. The van der Waals surface area contributed by atoms with Gasteiger partial charge in [0.25, 0.3) is 0 Å². The molecule has 0 radical (unpaired) electrons. The molecule has 1 aromatic carbocycles. The fourth-order valence-corrected chi connectivity index (χ4v) is 3.69. The van der Waals surface area contributed by atoms with Crippen LogP contribution < -0.4 is 0 Å². The molecule has 2 aromatic rings. The molecule has 3 rings (SSSR count). The number of alkyl halides is 2. The summed E-state index contributed by atoms with van der Waals surface area (Å²) >= 11 is 13.6. The van der Waals surface area contributed by atoms with Crippen molar-refractivity contribution >= 4 is 35.0 Å². The lowest BCUT2D eigenvalue weighted by atomic mass is 10.1. The van der Waals surface area contributed by atoms with Gasteiger partial charge in [-0.3, -0.25) is 5.10 Å². The summed E-state index contributed by atoms with van der Waals surface area (Å²) in [6.45, 7) is 2.14. The molecule has 6 heteroatoms. The Morgan fingerprint density at radius 2 is 2.05 bits per heavy atom. The zero-order valence-corrected chi connectivity index (χ0v) is 13.4. The van der Waals surface area contributed by atoms with Gasteiger partial charge >= 0.3 is 0 Å². The van der Waals surface area contributed by atoms with Gasteiger partial charge in [-0.05, 0) is 18.4 Å². The van der Waals surface area contributed by atoms with E-state index in [0.717, 1.165) is 35.1 Å². The smallest absolute Gasteiger partial charge is 0.208 e. The van der Waals surface area contributed by atoms with Crippen LogP contribution in [0.4, 0.5) is 0 Å². The molecule has 1 fully saturated rings. The molecule has 1 unspecified atom stereocenters. The van der Waals surface area contributed by atoms with Crippen LogP contribution in [-0.4, -0.2) is 25.3 Å². The average molecular weight is 328 g/mol. The number of benzene rings is 1. The minimum Gasteiger partial charge on any atom is -0.258 e. The number of H-pyrrole nitrogens is 1. The van der Waals surface area contributed by atoms with E-state index >= 15 is 0 Å². The van der Waals surface area contributed by atoms with Crippen molar-refractivity contribution < 1.29 is 0 Å². The van der Waals surface area contributed by atoms with Gasteiger partial charge in [-0.1, -0.05) is 43.0 Å². The van der Waals surface area contributed by atoms with Crippen LogP contribution in [0.1, 0.15) is 18.9 Å². The van der Waals surface area contributed by atoms with Crippen LogP contribution in [0.15, 0.2) is 29.4 Å². The first kappa shape index (κ1) is 14.2. The summed E-state index contributed by atoms with van der Waals surface area (Å²) < 4.78 is -0.526. The Hall–Kier alpha value is -0.710. The molecule has 0 aliphatic heterocycles. The van der Waals surface area contributed by atoms with Crippen molar-refractivity contribution in [3.8, 4) is 11.4 Å². The minimum atomic E-state index is -0.526. The number of hydrogen-bond acceptors (Lipinski definition) is 3. The first-order chi connectivity index (χ1) is 9.58. The average Bonchev–Trinajstić information content (AvgIpc) is 2.88. The van der Waals surface area contributed by atoms with Crippen molar-refractivity contribution in [3.63, 3.8) is 0 Å². The van der Waals surface area contributed by atoms with Crippen molar-refractivity contribution in [2.24, 2.45) is 5.92 Å². The number of aromatic nitrogens is 3. The number of nitrogens with zero attached hydrogens (tertiary/aromatic N) is 2. The zero-order chi connectivity index (χ0) is 14.2. The monoisotopic (exact) mass is 327 g/mol. The van der Waals surface area contributed by atoms with Crippen molar-refractivity contribution in [2.45, 2.75) is 29.3 Å². The van der Waals surface area contributed by atoms with Crippen molar-refractivity contribution in [3.05, 3.63) is 29.8 Å². The third-order valence-electron chi connectivity index (χ3n) is 3.47. The molecule has 0 bridgehead atoms. The normalized spacial score (nSPS) is 20.1. The first-order valence-corrected chi connectivity index (χ1v) is 8.35. The Labute approximate surface area is 132 Å². The molecular formula is C14H15Cl2N3S. The van der Waals surface area contributed by atoms with E-state index < -0.39 is 4.33 Å². The van der Waals surface area contributed by atoms with E-state index in [4.69, 9.17) is 23.2 Å². The quantitative estimate of drug-likeness (QED) is 0.656. The Morgan fingerprint density at radius 3 is 2.65 bits per heavy atom. The standard InChI is InChI=1S/C14H15Cl2N3S/c1-2-9-3-5-10(6-4-9)12-17-13(19-18-12)20-8-11-7-14(11,15)16/h3-6,11H,2,7-8H2,1H3,(H,17,18,19). The zero-order valence-electron chi connectivity index (χ0n) is 11.1. The first-order valence-electron chi connectivity index (χ1n) is 6.61. The third-order valence-corrected chi connectivity index (χ3v) is 5.41. The number of aryl methyl sites for hydroxylation is 1. The fraction of sp³-hybridized carbons (Fsp3) is 0.429. The summed E-state index contributed by atoms with van der Waals surface area (Å²) in [6, 6.07) is 8.36. The Morgan fingerprint density at radius 1 is 1.35 bits per heavy atom. The molecule has 1 N–H and O–H groups in total. The van der Waals surface area contributed by atoms with E-state index in [0.29, 0.717) is 5.92 Å². The highest BCUT2D eigenvalue weighted by molar-refractivity contribution is 7.99. The Bertz CT molecular complexity index is 595. The van der Waals surface area contributed by atoms with Gasteiger partial charge < -0.3 is 0 Å². The molecule has 0 amide bonds. The van der Waals surface area contributed by atoms with E-state index in [9.17, 15) is 0 Å². The van der Waals surface area contributed by atoms with E-state index in [1.165, 1.54) is 5.56 Å². The van der Waals surface area contributed by atoms with Crippen LogP contribution in [0.25, 0.3) is 11.4 Å². The van der Waals surface area contributed by atoms with Gasteiger partial charge in [-0.2, -0.15) is 0 Å². The van der Waals surface area contributed by atoms with Crippen LogP contribution in [0.5, 0.6) is 0 Å². The van der Waals surface area contributed by atoms with Crippen molar-refractivity contribution in [1.29, 1.82) is 0 Å². The highest BCUT2D eigenvalue weighted by atomic mass is 35.5. The summed E-state index contributed by atoms with van der Waals surface area (Å²) in [7, 11) is 0. The van der Waals surface area contributed by atoms with Crippen LogP contribution in [0, 0.1) is 5.92 Å². The second-order valence-electron chi connectivity index (χ2n) is 4.99. The summed E-state index contributed by atoms with van der Waals surface area (Å²) in [5, 5.41) is 7.95. The van der Waals surface area contributed by atoms with Crippen LogP contribution >= 0.6 is 35.0 Å². The summed E-state index contributed by atoms with van der Waals surface area (Å²) in [5.74, 6) is 2.01. The molecular weight excluding hydrogens is 313 g/mol. The van der Waals surface area contributed by atoms with Crippen LogP contribution in [0.2, 0.25) is 0 Å². The van der Waals surface area contributed by atoms with Gasteiger partial charge in [-0.25, -0.2) is 4.98 Å². The molecule has 0 spiro atoms. The molecule has 0 saturated heterocycles. The van der Waals surface area contributed by atoms with Gasteiger partial charge in [0, 0.05) is 17.2 Å². The minimum absolute atomic E-state index is 0.349. The molecule has 20 heavy (non-hydrogen) atoms. The maximum Gasteiger partial charge on any atom is 0.208 e. The van der Waals surface area contributed by atoms with Gasteiger partial charge in [0.05, 0.1) is 0 Å². The maximum atomic E-state index is 6.01. The summed E-state index contributed by atoms with van der Waals surface area (Å²) in [5.41, 5.74) is 2.37. The Kier molecular flexibility index (Phi) is 3.98. The predicted molar refractivity (Wildman–Crippen MR) is 84.5 cm³/mol. The number of thioether (sulfide) groups is 1. The molecule has 1 saturated carbocycles. The highest BCUT2D eigenvalue weighted by Crippen LogP contribution is 2.54. The number of halogens is 2. The second kappa shape index (κ2) is 5.58. The van der Waals surface area contributed by atoms with Gasteiger partial charge in [-0.15, -0.1) is 28.3 Å². The molecule has 1 heterocycles. The van der Waals surface area contributed by atoms with Crippen molar-refractivity contribution in [1.82, 2.24) is 15.2 Å². The van der Waals surface area contributed by atoms with Gasteiger partial charge in [0.15, 0.2) is 5.82 Å². The van der Waals surface area contributed by atoms with E-state index in [2.05, 4.69) is 46.4 Å². The fourth-order valence-electron chi connectivity index (χ4n) is 1.96. The van der Waals surface area contributed by atoms with Crippen LogP contribution in [-0.2, 0) is 6.42 Å². The predicted octanol–water partition coefficient (Wildman–Crippen LogP) is 4.32. The summed E-state index contributed by atoms with van der Waals surface area (Å²) in [4.78, 5) is 4.49. The SMILES string of the molecule is CCc1ccc(-c2nc(SCC3CC3(Cl)Cl)n[nH]2)cc1. The maximum absolute atomic E-state index is 6.01. The Balaban J connectivity index is 1.63. The third kappa shape index (κ3) is 3.13.